The third-order valence-electron chi connectivity index (χ3n) is 4.37. The van der Waals surface area contributed by atoms with Crippen molar-refractivity contribution < 1.29 is 7.31 Å². The van der Waals surface area contributed by atoms with E-state index in [-0.39, 0.29) is 12.8 Å². The largest absolute Gasteiger partial charge is 0.402 e. The minimum atomic E-state index is -1.35. The highest BCUT2D eigenvalue weighted by Gasteiger charge is 2.31. The van der Waals surface area contributed by atoms with Gasteiger partial charge in [-0.15, -0.1) is 0 Å². The van der Waals surface area contributed by atoms with E-state index in [1.807, 2.05) is 39.2 Å². The van der Waals surface area contributed by atoms with E-state index in [0.717, 1.165) is 11.4 Å². The predicted molar refractivity (Wildman–Crippen MR) is 99.5 cm³/mol. The van der Waals surface area contributed by atoms with E-state index < -0.39 is 6.37 Å². The van der Waals surface area contributed by atoms with Gasteiger partial charge in [0.2, 0.25) is 0 Å². The molecule has 0 unspecified atom stereocenters. The number of fused-ring (bicyclic) bond motifs is 1. The van der Waals surface area contributed by atoms with Crippen molar-refractivity contribution in [2.24, 2.45) is 13.0 Å². The summed E-state index contributed by atoms with van der Waals surface area (Å²) < 4.78 is 19.0. The molecule has 1 aromatic carbocycles. The highest BCUT2D eigenvalue weighted by atomic mass is 15.2. The summed E-state index contributed by atoms with van der Waals surface area (Å²) in [6.45, 7) is 8.39. The number of rotatable bonds is 3. The third kappa shape index (κ3) is 3.05. The summed E-state index contributed by atoms with van der Waals surface area (Å²) in [5, 5.41) is 2.50. The minimum Gasteiger partial charge on any atom is -0.291 e. The second-order valence-corrected chi connectivity index (χ2v) is 6.63. The Kier molecular flexibility index (Phi) is 3.63. The molecule has 2 nitrogen and oxygen atoms in total. The molecule has 0 N–H and O–H groups in total. The topological polar surface area (TPSA) is 7.12 Å². The normalized spacial score (nSPS) is 16.0. The Balaban J connectivity index is 2.19. The highest BCUT2D eigenvalue weighted by Crippen LogP contribution is 2.21. The molecule has 0 fully saturated rings. The molecular weight excluding hydrogens is 279 g/mol. The van der Waals surface area contributed by atoms with Crippen molar-refractivity contribution in [3.8, 4) is 0 Å². The van der Waals surface area contributed by atoms with Crippen LogP contribution in [0.2, 0.25) is 6.82 Å². The summed E-state index contributed by atoms with van der Waals surface area (Å²) in [7, 11) is 2.02. The molecule has 0 spiro atoms. The number of aromatic nitrogens is 1. The van der Waals surface area contributed by atoms with Crippen molar-refractivity contribution in [3.05, 3.63) is 58.6 Å². The quantitative estimate of drug-likeness (QED) is 0.623. The molecule has 0 saturated carbocycles. The van der Waals surface area contributed by atoms with Gasteiger partial charge < -0.3 is 0 Å². The zero-order valence-corrected chi connectivity index (χ0v) is 14.7. The number of benzene rings is 1. The monoisotopic (exact) mass is 307 g/mol. The molecule has 1 aliphatic rings. The van der Waals surface area contributed by atoms with Crippen molar-refractivity contribution in [1.82, 2.24) is 0 Å². The lowest BCUT2D eigenvalue weighted by molar-refractivity contribution is -0.658. The van der Waals surface area contributed by atoms with Crippen molar-refractivity contribution in [2.75, 3.05) is 4.81 Å². The van der Waals surface area contributed by atoms with E-state index in [9.17, 15) is 0 Å². The maximum atomic E-state index is 8.45. The Bertz CT molecular complexity index is 922. The van der Waals surface area contributed by atoms with E-state index in [1.54, 1.807) is 0 Å². The van der Waals surface area contributed by atoms with E-state index in [4.69, 9.17) is 2.74 Å². The van der Waals surface area contributed by atoms with Crippen molar-refractivity contribution in [2.45, 2.75) is 34.0 Å². The standard InChI is InChI=1S/C20H26BN2/c1-15(2)12-17-10-11-22(5)20(13-17)23-16(3)19-9-7-6-8-18(19)14-21(23)4/h6-11,13-15H,12H2,1-5H3/q+1/i12D2. The summed E-state index contributed by atoms with van der Waals surface area (Å²) >= 11 is 0. The summed E-state index contributed by atoms with van der Waals surface area (Å²) in [5.41, 5.74) is 1.93. The highest BCUT2D eigenvalue weighted by molar-refractivity contribution is 6.77. The number of hydrogen-bond donors (Lipinski definition) is 0. The average molecular weight is 307 g/mol. The zero-order chi connectivity index (χ0) is 18.4. The summed E-state index contributed by atoms with van der Waals surface area (Å²) in [6.07, 6.45) is 0.614. The first kappa shape index (κ1) is 13.4. The van der Waals surface area contributed by atoms with Crippen LogP contribution in [0.4, 0.5) is 5.82 Å². The van der Waals surface area contributed by atoms with Gasteiger partial charge in [-0.3, -0.25) is 4.81 Å². The Morgan fingerprint density at radius 1 is 1.26 bits per heavy atom. The first-order valence-corrected chi connectivity index (χ1v) is 8.30. The number of hydrogen-bond acceptors (Lipinski definition) is 1. The van der Waals surface area contributed by atoms with Crippen LogP contribution in [-0.4, -0.2) is 6.85 Å². The second kappa shape index (κ2) is 6.23. The summed E-state index contributed by atoms with van der Waals surface area (Å²) in [5.74, 6) is 3.20. The fourth-order valence-electron chi connectivity index (χ4n) is 3.34. The lowest BCUT2D eigenvalue weighted by atomic mass is 9.60. The fraction of sp³-hybridized carbons (Fsp3) is 0.350. The van der Waals surface area contributed by atoms with Crippen molar-refractivity contribution in [1.29, 1.82) is 0 Å². The maximum absolute atomic E-state index is 8.45. The molecule has 0 aliphatic carbocycles. The van der Waals surface area contributed by atoms with Crippen molar-refractivity contribution in [3.63, 3.8) is 0 Å². The molecule has 0 atom stereocenters. The predicted octanol–water partition coefficient (Wildman–Crippen LogP) is 2.30. The van der Waals surface area contributed by atoms with Crippen LogP contribution in [0.15, 0.2) is 42.6 Å². The van der Waals surface area contributed by atoms with Gasteiger partial charge in [-0.1, -0.05) is 44.1 Å². The Morgan fingerprint density at radius 3 is 2.74 bits per heavy atom. The molecule has 3 rings (SSSR count). The van der Waals surface area contributed by atoms with Crippen LogP contribution >= 0.6 is 0 Å². The molecule has 0 saturated heterocycles. The lowest BCUT2D eigenvalue weighted by Crippen LogP contribution is -2.50. The molecule has 2 aromatic rings. The smallest absolute Gasteiger partial charge is 0.291 e. The molecule has 0 amide bonds. The molecule has 0 bridgehead atoms. The SMILES string of the molecule is [2H]C([2H])(c1cc[n+](C)c(N2B(C)C=c3ccccc3=C2C)c1)C(C)C. The zero-order valence-electron chi connectivity index (χ0n) is 16.7. The number of pyridine rings is 1. The number of aryl methyl sites for hydroxylation is 1. The molecule has 1 aromatic heterocycles. The minimum absolute atomic E-state index is 0.0794. The van der Waals surface area contributed by atoms with Crippen LogP contribution in [0.25, 0.3) is 11.7 Å². The van der Waals surface area contributed by atoms with Crippen LogP contribution in [0.5, 0.6) is 0 Å². The molecule has 23 heavy (non-hydrogen) atoms. The first-order valence-electron chi connectivity index (χ1n) is 9.30. The van der Waals surface area contributed by atoms with Gasteiger partial charge in [0.15, 0.2) is 0 Å². The summed E-state index contributed by atoms with van der Waals surface area (Å²) in [4.78, 5) is 2.29. The number of nitrogens with zero attached hydrogens (tertiary/aromatic N) is 2. The van der Waals surface area contributed by atoms with Gasteiger partial charge in [0, 0.05) is 14.0 Å². The van der Waals surface area contributed by atoms with E-state index in [1.165, 1.54) is 16.1 Å². The van der Waals surface area contributed by atoms with Crippen LogP contribution in [0.3, 0.4) is 0 Å². The van der Waals surface area contributed by atoms with Gasteiger partial charge in [-0.2, -0.15) is 0 Å². The van der Waals surface area contributed by atoms with E-state index in [2.05, 4.69) is 53.4 Å². The Hall–Kier alpha value is -2.03. The lowest BCUT2D eigenvalue weighted by Gasteiger charge is -2.25. The molecule has 118 valence electrons. The van der Waals surface area contributed by atoms with Crippen LogP contribution < -0.4 is 19.8 Å². The molecule has 2 heterocycles. The van der Waals surface area contributed by atoms with E-state index in [0.29, 0.717) is 0 Å². The first-order chi connectivity index (χ1) is 11.7. The van der Waals surface area contributed by atoms with Crippen LogP contribution in [0.1, 0.15) is 29.1 Å². The van der Waals surface area contributed by atoms with Crippen LogP contribution in [0, 0.1) is 5.92 Å². The fourth-order valence-corrected chi connectivity index (χ4v) is 3.34. The summed E-state index contributed by atoms with van der Waals surface area (Å²) in [6, 6.07) is 12.3. The van der Waals surface area contributed by atoms with Crippen molar-refractivity contribution >= 4 is 24.3 Å². The van der Waals surface area contributed by atoms with Gasteiger partial charge in [0.05, 0.1) is 18.9 Å². The third-order valence-corrected chi connectivity index (χ3v) is 4.37. The number of anilines is 1. The van der Waals surface area contributed by atoms with E-state index >= 15 is 0 Å². The molecule has 3 heteroatoms. The molecule has 0 radical (unpaired) electrons. The van der Waals surface area contributed by atoms with Gasteiger partial charge in [-0.25, -0.2) is 4.57 Å². The Morgan fingerprint density at radius 2 is 2.00 bits per heavy atom. The Labute approximate surface area is 142 Å². The maximum Gasteiger partial charge on any atom is 0.402 e. The van der Waals surface area contributed by atoms with Gasteiger partial charge in [0.1, 0.15) is 0 Å². The van der Waals surface area contributed by atoms with Gasteiger partial charge in [0.25, 0.3) is 5.82 Å². The second-order valence-electron chi connectivity index (χ2n) is 6.63. The van der Waals surface area contributed by atoms with Gasteiger partial charge in [-0.05, 0) is 42.9 Å². The van der Waals surface area contributed by atoms with Crippen LogP contribution in [-0.2, 0) is 13.4 Å². The average Bonchev–Trinajstić information content (AvgIpc) is 2.56. The molecular formula is C20H26BN2+. The van der Waals surface area contributed by atoms with Gasteiger partial charge >= 0.3 is 6.85 Å². The molecule has 1 aliphatic heterocycles.